The molecule has 0 aromatic heterocycles. The number of carbonyl (C=O) groups excluding carboxylic acids is 1. The first-order valence-corrected chi connectivity index (χ1v) is 7.54. The van der Waals surface area contributed by atoms with Gasteiger partial charge in [-0.2, -0.15) is 13.2 Å². The molecular weight excluding hydrogens is 309 g/mol. The maximum absolute atomic E-state index is 12.3. The Bertz CT molecular complexity index is 504. The van der Waals surface area contributed by atoms with Crippen LogP contribution in [-0.4, -0.2) is 30.0 Å². The summed E-state index contributed by atoms with van der Waals surface area (Å²) < 4.78 is 37.0. The number of anilines is 1. The van der Waals surface area contributed by atoms with Gasteiger partial charge in [0.2, 0.25) is 0 Å². The van der Waals surface area contributed by atoms with Gasteiger partial charge in [0.25, 0.3) is 0 Å². The molecule has 0 aliphatic carbocycles. The van der Waals surface area contributed by atoms with Crippen LogP contribution in [0.5, 0.6) is 0 Å². The fourth-order valence-electron chi connectivity index (χ4n) is 2.23. The van der Waals surface area contributed by atoms with E-state index in [0.717, 1.165) is 0 Å². The van der Waals surface area contributed by atoms with Gasteiger partial charge in [0, 0.05) is 12.1 Å². The molecule has 0 aliphatic heterocycles. The summed E-state index contributed by atoms with van der Waals surface area (Å²) in [6.45, 7) is 3.74. The Balaban J connectivity index is 2.67. The lowest BCUT2D eigenvalue weighted by atomic mass is 10.0. The lowest BCUT2D eigenvalue weighted by molar-refractivity contribution is -0.133. The zero-order valence-corrected chi connectivity index (χ0v) is 13.3. The van der Waals surface area contributed by atoms with Crippen molar-refractivity contribution in [2.45, 2.75) is 45.3 Å². The first kappa shape index (κ1) is 19.3. The minimum atomic E-state index is -4.24. The van der Waals surface area contributed by atoms with Crippen molar-refractivity contribution in [3.8, 4) is 0 Å². The molecule has 0 radical (unpaired) electrons. The minimum absolute atomic E-state index is 0.193. The number of alkyl halides is 3. The molecule has 0 aliphatic rings. The highest BCUT2D eigenvalue weighted by Gasteiger charge is 2.27. The third-order valence-corrected chi connectivity index (χ3v) is 3.25. The first-order chi connectivity index (χ1) is 10.7. The predicted molar refractivity (Wildman–Crippen MR) is 83.3 cm³/mol. The number of hydrogen-bond acceptors (Lipinski definition) is 2. The van der Waals surface area contributed by atoms with Crippen LogP contribution in [-0.2, 0) is 6.42 Å². The van der Waals surface area contributed by atoms with Crippen LogP contribution in [0.1, 0.15) is 32.3 Å². The van der Waals surface area contributed by atoms with E-state index in [4.69, 9.17) is 0 Å². The monoisotopic (exact) mass is 332 g/mol. The summed E-state index contributed by atoms with van der Waals surface area (Å²) in [5.41, 5.74) is 0.764. The molecule has 0 heterocycles. The molecule has 3 N–H and O–H groups in total. The predicted octanol–water partition coefficient (Wildman–Crippen LogP) is 3.71. The number of amides is 2. The van der Waals surface area contributed by atoms with Crippen molar-refractivity contribution in [1.29, 1.82) is 0 Å². The van der Waals surface area contributed by atoms with Crippen molar-refractivity contribution in [3.63, 3.8) is 0 Å². The molecule has 23 heavy (non-hydrogen) atoms. The topological polar surface area (TPSA) is 61.4 Å². The van der Waals surface area contributed by atoms with E-state index in [1.54, 1.807) is 24.3 Å². The third-order valence-electron chi connectivity index (χ3n) is 3.25. The van der Waals surface area contributed by atoms with Gasteiger partial charge in [0.1, 0.15) is 0 Å². The van der Waals surface area contributed by atoms with Gasteiger partial charge in [-0.3, -0.25) is 0 Å². The van der Waals surface area contributed by atoms with Crippen molar-refractivity contribution in [2.24, 2.45) is 5.92 Å². The van der Waals surface area contributed by atoms with Crippen LogP contribution in [0.25, 0.3) is 0 Å². The van der Waals surface area contributed by atoms with Crippen LogP contribution in [0.3, 0.4) is 0 Å². The number of carbonyl (C=O) groups is 1. The van der Waals surface area contributed by atoms with Crippen LogP contribution < -0.4 is 10.6 Å². The highest BCUT2D eigenvalue weighted by atomic mass is 19.4. The highest BCUT2D eigenvalue weighted by molar-refractivity contribution is 5.90. The van der Waals surface area contributed by atoms with Crippen molar-refractivity contribution < 1.29 is 23.1 Å². The molecule has 1 unspecified atom stereocenters. The van der Waals surface area contributed by atoms with Crippen LogP contribution in [0.15, 0.2) is 24.3 Å². The Hall–Kier alpha value is -1.76. The SMILES string of the molecule is CC(C)CC(CO)NC(=O)Nc1ccccc1CCC(F)(F)F. The summed E-state index contributed by atoms with van der Waals surface area (Å²) in [4.78, 5) is 12.0. The smallest absolute Gasteiger partial charge is 0.389 e. The molecule has 1 aromatic carbocycles. The van der Waals surface area contributed by atoms with Crippen molar-refractivity contribution in [2.75, 3.05) is 11.9 Å². The van der Waals surface area contributed by atoms with E-state index in [-0.39, 0.29) is 13.0 Å². The van der Waals surface area contributed by atoms with Crippen molar-refractivity contribution >= 4 is 11.7 Å². The number of urea groups is 1. The second kappa shape index (κ2) is 8.76. The highest BCUT2D eigenvalue weighted by Crippen LogP contribution is 2.25. The normalized spacial score (nSPS) is 13.0. The summed E-state index contributed by atoms with van der Waals surface area (Å²) in [6.07, 6.45) is -4.77. The molecule has 2 amide bonds. The van der Waals surface area contributed by atoms with E-state index in [1.165, 1.54) is 0 Å². The van der Waals surface area contributed by atoms with Gasteiger partial charge in [-0.1, -0.05) is 32.0 Å². The number of rotatable bonds is 7. The van der Waals surface area contributed by atoms with E-state index in [0.29, 0.717) is 23.6 Å². The fraction of sp³-hybridized carbons (Fsp3) is 0.562. The van der Waals surface area contributed by atoms with E-state index in [2.05, 4.69) is 10.6 Å². The third kappa shape index (κ3) is 7.88. The quantitative estimate of drug-likeness (QED) is 0.713. The largest absolute Gasteiger partial charge is 0.394 e. The zero-order valence-electron chi connectivity index (χ0n) is 13.3. The zero-order chi connectivity index (χ0) is 17.5. The van der Waals surface area contributed by atoms with Gasteiger partial charge < -0.3 is 15.7 Å². The molecule has 1 rings (SSSR count). The molecule has 0 saturated heterocycles. The van der Waals surface area contributed by atoms with E-state index in [1.807, 2.05) is 13.8 Å². The Kier molecular flexibility index (Phi) is 7.35. The Morgan fingerprint density at radius 1 is 1.26 bits per heavy atom. The number of benzene rings is 1. The maximum Gasteiger partial charge on any atom is 0.389 e. The molecule has 0 spiro atoms. The summed E-state index contributed by atoms with van der Waals surface area (Å²) in [5, 5.41) is 14.4. The van der Waals surface area contributed by atoms with Crippen molar-refractivity contribution in [1.82, 2.24) is 5.32 Å². The molecule has 0 bridgehead atoms. The average Bonchev–Trinajstić information content (AvgIpc) is 2.44. The first-order valence-electron chi connectivity index (χ1n) is 7.54. The van der Waals surface area contributed by atoms with Gasteiger partial charge in [-0.15, -0.1) is 0 Å². The second-order valence-electron chi connectivity index (χ2n) is 5.88. The van der Waals surface area contributed by atoms with E-state index < -0.39 is 24.7 Å². The number of para-hydroxylation sites is 1. The van der Waals surface area contributed by atoms with Gasteiger partial charge >= 0.3 is 12.2 Å². The maximum atomic E-state index is 12.3. The number of aryl methyl sites for hydroxylation is 1. The van der Waals surface area contributed by atoms with E-state index in [9.17, 15) is 23.1 Å². The molecule has 130 valence electrons. The van der Waals surface area contributed by atoms with Crippen LogP contribution >= 0.6 is 0 Å². The molecule has 0 saturated carbocycles. The van der Waals surface area contributed by atoms with Gasteiger partial charge in [0.05, 0.1) is 12.6 Å². The molecule has 1 aromatic rings. The molecule has 7 heteroatoms. The van der Waals surface area contributed by atoms with Gasteiger partial charge in [-0.25, -0.2) is 4.79 Å². The van der Waals surface area contributed by atoms with Crippen LogP contribution in [0.2, 0.25) is 0 Å². The van der Waals surface area contributed by atoms with Gasteiger partial charge in [0.15, 0.2) is 0 Å². The lowest BCUT2D eigenvalue weighted by Gasteiger charge is -2.19. The minimum Gasteiger partial charge on any atom is -0.394 e. The Morgan fingerprint density at radius 2 is 1.91 bits per heavy atom. The molecule has 1 atom stereocenters. The average molecular weight is 332 g/mol. The lowest BCUT2D eigenvalue weighted by Crippen LogP contribution is -2.41. The number of halogens is 3. The van der Waals surface area contributed by atoms with Crippen LogP contribution in [0, 0.1) is 5.92 Å². The fourth-order valence-corrected chi connectivity index (χ4v) is 2.23. The standard InChI is InChI=1S/C16H23F3N2O2/c1-11(2)9-13(10-22)20-15(23)21-14-6-4-3-5-12(14)7-8-16(17,18)19/h3-6,11,13,22H,7-10H2,1-2H3,(H2,20,21,23). The number of nitrogens with one attached hydrogen (secondary N) is 2. The second-order valence-corrected chi connectivity index (χ2v) is 5.88. The number of hydrogen-bond donors (Lipinski definition) is 3. The van der Waals surface area contributed by atoms with Gasteiger partial charge in [-0.05, 0) is 30.4 Å². The molecule has 4 nitrogen and oxygen atoms in total. The van der Waals surface area contributed by atoms with Crippen LogP contribution in [0.4, 0.5) is 23.7 Å². The molecule has 0 fully saturated rings. The summed E-state index contributed by atoms with van der Waals surface area (Å²) >= 11 is 0. The molecular formula is C16H23F3N2O2. The Labute approximate surface area is 134 Å². The summed E-state index contributed by atoms with van der Waals surface area (Å²) in [6, 6.07) is 5.45. The summed E-state index contributed by atoms with van der Waals surface area (Å²) in [5.74, 6) is 0.298. The summed E-state index contributed by atoms with van der Waals surface area (Å²) in [7, 11) is 0. The number of aliphatic hydroxyl groups excluding tert-OH is 1. The Morgan fingerprint density at radius 3 is 2.48 bits per heavy atom. The number of aliphatic hydroxyl groups is 1. The van der Waals surface area contributed by atoms with Crippen molar-refractivity contribution in [3.05, 3.63) is 29.8 Å². The van der Waals surface area contributed by atoms with E-state index >= 15 is 0 Å².